The number of benzene rings is 2. The monoisotopic (exact) mass is 293 g/mol. The second kappa shape index (κ2) is 6.39. The van der Waals surface area contributed by atoms with Gasteiger partial charge in [-0.15, -0.1) is 0 Å². The molecule has 0 heterocycles. The molecule has 0 unspecified atom stereocenters. The Morgan fingerprint density at radius 2 is 2.10 bits per heavy atom. The Kier molecular flexibility index (Phi) is 4.58. The van der Waals surface area contributed by atoms with E-state index in [4.69, 9.17) is 11.6 Å². The van der Waals surface area contributed by atoms with Crippen LogP contribution in [0.25, 0.3) is 0 Å². The van der Waals surface area contributed by atoms with Gasteiger partial charge >= 0.3 is 5.97 Å². The number of esters is 1. The van der Waals surface area contributed by atoms with Gasteiger partial charge in [0.15, 0.2) is 0 Å². The highest BCUT2D eigenvalue weighted by Crippen LogP contribution is 2.17. The minimum absolute atomic E-state index is 0.191. The fourth-order valence-corrected chi connectivity index (χ4v) is 1.92. The molecule has 0 saturated carbocycles. The minimum atomic E-state index is -0.557. The molecule has 2 aromatic carbocycles. The summed E-state index contributed by atoms with van der Waals surface area (Å²) >= 11 is 5.86. The number of ether oxygens (including phenoxy) is 1. The zero-order valence-corrected chi connectivity index (χ0v) is 11.6. The van der Waals surface area contributed by atoms with Crippen LogP contribution in [0.2, 0.25) is 5.02 Å². The first-order valence-corrected chi connectivity index (χ1v) is 6.34. The van der Waals surface area contributed by atoms with E-state index in [-0.39, 0.29) is 5.56 Å². The lowest BCUT2D eigenvalue weighted by Crippen LogP contribution is -2.05. The zero-order chi connectivity index (χ0) is 14.5. The molecule has 0 aliphatic carbocycles. The van der Waals surface area contributed by atoms with Crippen LogP contribution >= 0.6 is 11.6 Å². The van der Waals surface area contributed by atoms with E-state index in [2.05, 4.69) is 10.1 Å². The normalized spacial score (nSPS) is 10.2. The van der Waals surface area contributed by atoms with Crippen molar-refractivity contribution in [3.63, 3.8) is 0 Å². The SMILES string of the molecule is COC(=O)c1ccc(CNc2cccc(Cl)c2)c(F)c1. The highest BCUT2D eigenvalue weighted by molar-refractivity contribution is 6.30. The number of methoxy groups -OCH3 is 1. The minimum Gasteiger partial charge on any atom is -0.465 e. The molecule has 3 nitrogen and oxygen atoms in total. The van der Waals surface area contributed by atoms with Crippen LogP contribution in [-0.4, -0.2) is 13.1 Å². The highest BCUT2D eigenvalue weighted by Gasteiger charge is 2.09. The van der Waals surface area contributed by atoms with Gasteiger partial charge < -0.3 is 10.1 Å². The van der Waals surface area contributed by atoms with E-state index in [9.17, 15) is 9.18 Å². The Bertz CT molecular complexity index is 631. The van der Waals surface area contributed by atoms with Crippen molar-refractivity contribution in [2.75, 3.05) is 12.4 Å². The summed E-state index contributed by atoms with van der Waals surface area (Å²) in [6.07, 6.45) is 0. The fourth-order valence-electron chi connectivity index (χ4n) is 1.73. The third-order valence-corrected chi connectivity index (χ3v) is 3.02. The molecule has 2 aromatic rings. The summed E-state index contributed by atoms with van der Waals surface area (Å²) in [7, 11) is 1.26. The molecule has 0 bridgehead atoms. The van der Waals surface area contributed by atoms with Gasteiger partial charge in [-0.05, 0) is 30.3 Å². The Hall–Kier alpha value is -2.07. The largest absolute Gasteiger partial charge is 0.465 e. The van der Waals surface area contributed by atoms with Gasteiger partial charge in [0, 0.05) is 22.8 Å². The summed E-state index contributed by atoms with van der Waals surface area (Å²) in [5.74, 6) is -1.01. The van der Waals surface area contributed by atoms with Gasteiger partial charge in [-0.3, -0.25) is 0 Å². The van der Waals surface area contributed by atoms with Gasteiger partial charge in [-0.1, -0.05) is 23.7 Å². The van der Waals surface area contributed by atoms with Crippen molar-refractivity contribution in [1.29, 1.82) is 0 Å². The second-order valence-electron chi connectivity index (χ2n) is 4.16. The average Bonchev–Trinajstić information content (AvgIpc) is 2.45. The van der Waals surface area contributed by atoms with E-state index >= 15 is 0 Å². The third kappa shape index (κ3) is 3.48. The van der Waals surface area contributed by atoms with Gasteiger partial charge in [0.1, 0.15) is 5.82 Å². The summed E-state index contributed by atoms with van der Waals surface area (Å²) in [5.41, 5.74) is 1.45. The van der Waals surface area contributed by atoms with Crippen molar-refractivity contribution in [2.45, 2.75) is 6.54 Å². The van der Waals surface area contributed by atoms with Crippen LogP contribution in [0.15, 0.2) is 42.5 Å². The van der Waals surface area contributed by atoms with Crippen LogP contribution in [0, 0.1) is 5.82 Å². The zero-order valence-electron chi connectivity index (χ0n) is 10.8. The molecular weight excluding hydrogens is 281 g/mol. The van der Waals surface area contributed by atoms with E-state index in [0.29, 0.717) is 17.1 Å². The Morgan fingerprint density at radius 3 is 2.75 bits per heavy atom. The predicted octanol–water partition coefficient (Wildman–Crippen LogP) is 3.88. The van der Waals surface area contributed by atoms with Crippen molar-refractivity contribution < 1.29 is 13.9 Å². The molecule has 0 aliphatic heterocycles. The Balaban J connectivity index is 2.08. The topological polar surface area (TPSA) is 38.3 Å². The summed E-state index contributed by atoms with van der Waals surface area (Å²) in [4.78, 5) is 11.3. The van der Waals surface area contributed by atoms with Gasteiger partial charge in [0.25, 0.3) is 0 Å². The lowest BCUT2D eigenvalue weighted by Gasteiger charge is -2.08. The maximum atomic E-state index is 13.9. The van der Waals surface area contributed by atoms with Gasteiger partial charge in [0.05, 0.1) is 12.7 Å². The second-order valence-corrected chi connectivity index (χ2v) is 4.60. The van der Waals surface area contributed by atoms with Crippen LogP contribution in [-0.2, 0) is 11.3 Å². The molecule has 20 heavy (non-hydrogen) atoms. The van der Waals surface area contributed by atoms with Crippen LogP contribution in [0.5, 0.6) is 0 Å². The predicted molar refractivity (Wildman–Crippen MR) is 76.5 cm³/mol. The van der Waals surface area contributed by atoms with Crippen LogP contribution in [0.4, 0.5) is 10.1 Å². The number of carbonyl (C=O) groups excluding carboxylic acids is 1. The smallest absolute Gasteiger partial charge is 0.337 e. The van der Waals surface area contributed by atoms with Gasteiger partial charge in [0.2, 0.25) is 0 Å². The molecule has 0 fully saturated rings. The van der Waals surface area contributed by atoms with Crippen LogP contribution in [0.1, 0.15) is 15.9 Å². The average molecular weight is 294 g/mol. The molecule has 0 spiro atoms. The number of carbonyl (C=O) groups is 1. The summed E-state index contributed by atoms with van der Waals surface area (Å²) in [6.45, 7) is 0.299. The van der Waals surface area contributed by atoms with Crippen molar-refractivity contribution in [3.05, 3.63) is 64.4 Å². The van der Waals surface area contributed by atoms with Crippen molar-refractivity contribution in [1.82, 2.24) is 0 Å². The lowest BCUT2D eigenvalue weighted by atomic mass is 10.1. The quantitative estimate of drug-likeness (QED) is 0.870. The standard InChI is InChI=1S/C15H13ClFNO2/c1-20-15(19)10-5-6-11(14(17)7-10)9-18-13-4-2-3-12(16)8-13/h2-8,18H,9H2,1H3. The summed E-state index contributed by atoms with van der Waals surface area (Å²) in [6, 6.07) is 11.4. The number of anilines is 1. The van der Waals surface area contributed by atoms with E-state index < -0.39 is 11.8 Å². The first kappa shape index (κ1) is 14.3. The molecule has 0 atom stereocenters. The summed E-state index contributed by atoms with van der Waals surface area (Å²) in [5, 5.41) is 3.67. The Labute approximate surface area is 121 Å². The lowest BCUT2D eigenvalue weighted by molar-refractivity contribution is 0.0600. The molecule has 0 saturated heterocycles. The molecule has 1 N–H and O–H groups in total. The summed E-state index contributed by atoms with van der Waals surface area (Å²) < 4.78 is 18.4. The molecular formula is C15H13ClFNO2. The Morgan fingerprint density at radius 1 is 1.30 bits per heavy atom. The fraction of sp³-hybridized carbons (Fsp3) is 0.133. The number of hydrogen-bond donors (Lipinski definition) is 1. The number of nitrogens with one attached hydrogen (secondary N) is 1. The van der Waals surface area contributed by atoms with Crippen molar-refractivity contribution in [3.8, 4) is 0 Å². The third-order valence-electron chi connectivity index (χ3n) is 2.78. The number of hydrogen-bond acceptors (Lipinski definition) is 3. The van der Waals surface area contributed by atoms with E-state index in [1.165, 1.54) is 19.2 Å². The van der Waals surface area contributed by atoms with Crippen LogP contribution in [0.3, 0.4) is 0 Å². The molecule has 0 aliphatic rings. The van der Waals surface area contributed by atoms with Crippen LogP contribution < -0.4 is 5.32 Å². The van der Waals surface area contributed by atoms with E-state index in [1.807, 2.05) is 6.07 Å². The number of halogens is 2. The maximum absolute atomic E-state index is 13.9. The number of rotatable bonds is 4. The maximum Gasteiger partial charge on any atom is 0.337 e. The van der Waals surface area contributed by atoms with E-state index in [0.717, 1.165) is 5.69 Å². The van der Waals surface area contributed by atoms with Gasteiger partial charge in [-0.2, -0.15) is 0 Å². The van der Waals surface area contributed by atoms with Crippen molar-refractivity contribution >= 4 is 23.3 Å². The molecule has 5 heteroatoms. The van der Waals surface area contributed by atoms with Crippen molar-refractivity contribution in [2.24, 2.45) is 0 Å². The molecule has 0 radical (unpaired) electrons. The molecule has 0 aromatic heterocycles. The first-order valence-electron chi connectivity index (χ1n) is 5.96. The van der Waals surface area contributed by atoms with E-state index in [1.54, 1.807) is 24.3 Å². The first-order chi connectivity index (χ1) is 9.60. The molecule has 2 rings (SSSR count). The molecule has 104 valence electrons. The van der Waals surface area contributed by atoms with Gasteiger partial charge in [-0.25, -0.2) is 9.18 Å². The highest BCUT2D eigenvalue weighted by atomic mass is 35.5. The molecule has 0 amide bonds.